The molecule has 0 aliphatic heterocycles. The monoisotopic (exact) mass is 352 g/mol. The molecule has 0 saturated heterocycles. The molecule has 0 heterocycles. The Kier molecular flexibility index (Phi) is 7.62. The van der Waals surface area contributed by atoms with Crippen LogP contribution in [0.5, 0.6) is 0 Å². The molecule has 0 aliphatic rings. The maximum Gasteiger partial charge on any atom is 0.254 e. The zero-order chi connectivity index (χ0) is 16.2. The topological polar surface area (TPSA) is 27.7 Å². The smallest absolute Gasteiger partial charge is 0.254 e. The SMILES string of the molecule is C[SiH2]CCC(O[Si](C)(C)C)(O[Si](C)(C)C)O[Si](C)(C)C. The van der Waals surface area contributed by atoms with Gasteiger partial charge in [0, 0.05) is 15.9 Å². The van der Waals surface area contributed by atoms with E-state index < -0.39 is 30.9 Å². The number of rotatable bonds is 9. The van der Waals surface area contributed by atoms with Crippen LogP contribution in [0.25, 0.3) is 0 Å². The van der Waals surface area contributed by atoms with Crippen molar-refractivity contribution in [3.05, 3.63) is 0 Å². The third-order valence-corrected chi connectivity index (χ3v) is 6.05. The van der Waals surface area contributed by atoms with E-state index in [0.29, 0.717) is 0 Å². The van der Waals surface area contributed by atoms with E-state index in [1.165, 1.54) is 6.04 Å². The first kappa shape index (κ1) is 20.7. The minimum absolute atomic E-state index is 0.0189. The van der Waals surface area contributed by atoms with Gasteiger partial charge < -0.3 is 13.3 Å². The van der Waals surface area contributed by atoms with Gasteiger partial charge in [0.25, 0.3) is 5.97 Å². The lowest BCUT2D eigenvalue weighted by Crippen LogP contribution is -2.55. The highest BCUT2D eigenvalue weighted by Crippen LogP contribution is 2.33. The van der Waals surface area contributed by atoms with Crippen molar-refractivity contribution in [3.63, 3.8) is 0 Å². The minimum Gasteiger partial charge on any atom is -0.371 e. The molecule has 0 atom stereocenters. The van der Waals surface area contributed by atoms with Gasteiger partial charge in [-0.05, 0) is 58.9 Å². The van der Waals surface area contributed by atoms with Crippen molar-refractivity contribution >= 4 is 34.5 Å². The van der Waals surface area contributed by atoms with E-state index in [4.69, 9.17) is 13.3 Å². The van der Waals surface area contributed by atoms with Crippen LogP contribution in [0.15, 0.2) is 0 Å². The fourth-order valence-electron chi connectivity index (χ4n) is 2.01. The second-order valence-electron chi connectivity index (χ2n) is 8.43. The van der Waals surface area contributed by atoms with Gasteiger partial charge in [0.05, 0.1) is 0 Å². The van der Waals surface area contributed by atoms with Gasteiger partial charge >= 0.3 is 0 Å². The van der Waals surface area contributed by atoms with Gasteiger partial charge in [-0.3, -0.25) is 0 Å². The van der Waals surface area contributed by atoms with Crippen LogP contribution in [0.4, 0.5) is 0 Å². The third-order valence-electron chi connectivity index (χ3n) is 2.22. The van der Waals surface area contributed by atoms with Crippen molar-refractivity contribution in [2.24, 2.45) is 0 Å². The molecule has 0 aromatic carbocycles. The summed E-state index contributed by atoms with van der Waals surface area (Å²) in [7, 11) is -5.22. The van der Waals surface area contributed by atoms with Crippen LogP contribution in [-0.2, 0) is 13.3 Å². The molecule has 0 aliphatic carbocycles. The molecule has 0 bridgehead atoms. The van der Waals surface area contributed by atoms with E-state index >= 15 is 0 Å². The Hall–Kier alpha value is 0.748. The Morgan fingerprint density at radius 2 is 1.00 bits per heavy atom. The van der Waals surface area contributed by atoms with Crippen molar-refractivity contribution < 1.29 is 13.3 Å². The second-order valence-corrected chi connectivity index (χ2v) is 23.4. The summed E-state index contributed by atoms with van der Waals surface area (Å²) in [6, 6.07) is 1.21. The van der Waals surface area contributed by atoms with E-state index in [2.05, 4.69) is 65.5 Å². The highest BCUT2D eigenvalue weighted by atomic mass is 28.4. The predicted molar refractivity (Wildman–Crippen MR) is 99.9 cm³/mol. The summed E-state index contributed by atoms with van der Waals surface area (Å²) in [4.78, 5) is 0. The lowest BCUT2D eigenvalue weighted by atomic mass is 10.4. The van der Waals surface area contributed by atoms with Crippen LogP contribution >= 0.6 is 0 Å². The molecule has 0 rings (SSSR count). The first-order chi connectivity index (χ1) is 8.68. The summed E-state index contributed by atoms with van der Waals surface area (Å²) in [6.45, 7) is 22.3. The molecule has 0 fully saturated rings. The predicted octanol–water partition coefficient (Wildman–Crippen LogP) is 4.22. The zero-order valence-electron chi connectivity index (χ0n) is 15.3. The molecule has 3 nitrogen and oxygen atoms in total. The van der Waals surface area contributed by atoms with Crippen LogP contribution in [0.3, 0.4) is 0 Å². The molecular formula is C13H36O3Si4. The lowest BCUT2D eigenvalue weighted by Gasteiger charge is -2.45. The first-order valence-corrected chi connectivity index (χ1v) is 20.4. The largest absolute Gasteiger partial charge is 0.371 e. The van der Waals surface area contributed by atoms with E-state index in [-0.39, 0.29) is 9.52 Å². The number of hydrogen-bond acceptors (Lipinski definition) is 3. The molecular weight excluding hydrogens is 316 g/mol. The molecule has 20 heavy (non-hydrogen) atoms. The summed E-state index contributed by atoms with van der Waals surface area (Å²) in [5.41, 5.74) is 0. The molecule has 0 radical (unpaired) electrons. The lowest BCUT2D eigenvalue weighted by molar-refractivity contribution is -0.271. The van der Waals surface area contributed by atoms with Crippen molar-refractivity contribution in [1.29, 1.82) is 0 Å². The fourth-order valence-corrected chi connectivity index (χ4v) is 6.40. The van der Waals surface area contributed by atoms with Gasteiger partial charge in [-0.2, -0.15) is 0 Å². The zero-order valence-corrected chi connectivity index (χ0v) is 19.8. The van der Waals surface area contributed by atoms with Crippen LogP contribution in [0, 0.1) is 0 Å². The number of hydrogen-bond donors (Lipinski definition) is 0. The van der Waals surface area contributed by atoms with Gasteiger partial charge in [-0.15, -0.1) is 0 Å². The van der Waals surface area contributed by atoms with Gasteiger partial charge in [-0.1, -0.05) is 12.6 Å². The second kappa shape index (κ2) is 7.34. The van der Waals surface area contributed by atoms with E-state index in [1.54, 1.807) is 0 Å². The normalized spacial score (nSPS) is 15.3. The summed E-state index contributed by atoms with van der Waals surface area (Å²) in [6.07, 6.45) is 0.897. The Labute approximate surface area is 132 Å². The molecule has 0 aromatic rings. The van der Waals surface area contributed by atoms with Crippen molar-refractivity contribution in [2.45, 2.75) is 83.9 Å². The maximum absolute atomic E-state index is 6.47. The Morgan fingerprint density at radius 1 is 0.700 bits per heavy atom. The fraction of sp³-hybridized carbons (Fsp3) is 1.00. The molecule has 0 spiro atoms. The van der Waals surface area contributed by atoms with Crippen LogP contribution in [0.1, 0.15) is 6.42 Å². The molecule has 0 unspecified atom stereocenters. The van der Waals surface area contributed by atoms with Gasteiger partial charge in [0.2, 0.25) is 0 Å². The average Bonchev–Trinajstić information content (AvgIpc) is 2.05. The third kappa shape index (κ3) is 10.5. The van der Waals surface area contributed by atoms with E-state index in [0.717, 1.165) is 6.42 Å². The van der Waals surface area contributed by atoms with E-state index in [1.807, 2.05) is 0 Å². The molecule has 0 aromatic heterocycles. The Balaban J connectivity index is 5.38. The summed E-state index contributed by atoms with van der Waals surface area (Å²) in [5, 5.41) is 0. The standard InChI is InChI=1S/C13H36O3Si4/c1-17-12-11-13(14-18(2,3)4,15-19(5,6)7)16-20(8,9)10/h11-12,17H2,1-10H3. The molecule has 122 valence electrons. The highest BCUT2D eigenvalue weighted by molar-refractivity contribution is 6.72. The average molecular weight is 353 g/mol. The summed E-state index contributed by atoms with van der Waals surface area (Å²) >= 11 is 0. The minimum atomic E-state index is -1.73. The maximum atomic E-state index is 6.47. The summed E-state index contributed by atoms with van der Waals surface area (Å²) in [5.74, 6) is -0.775. The van der Waals surface area contributed by atoms with Crippen LogP contribution < -0.4 is 0 Å². The van der Waals surface area contributed by atoms with Gasteiger partial charge in [-0.25, -0.2) is 0 Å². The quantitative estimate of drug-likeness (QED) is 0.459. The van der Waals surface area contributed by atoms with Crippen molar-refractivity contribution in [1.82, 2.24) is 0 Å². The Bertz CT molecular complexity index is 249. The molecule has 7 heteroatoms. The highest BCUT2D eigenvalue weighted by Gasteiger charge is 2.44. The van der Waals surface area contributed by atoms with Crippen molar-refractivity contribution in [2.75, 3.05) is 0 Å². The van der Waals surface area contributed by atoms with Gasteiger partial charge in [0.15, 0.2) is 25.0 Å². The van der Waals surface area contributed by atoms with E-state index in [9.17, 15) is 0 Å². The van der Waals surface area contributed by atoms with Gasteiger partial charge in [0.1, 0.15) is 0 Å². The molecule has 0 amide bonds. The molecule has 0 saturated carbocycles. The van der Waals surface area contributed by atoms with Crippen molar-refractivity contribution in [3.8, 4) is 0 Å². The molecule has 0 N–H and O–H groups in total. The van der Waals surface area contributed by atoms with Crippen LogP contribution in [-0.4, -0.2) is 40.4 Å². The first-order valence-electron chi connectivity index (χ1n) is 7.79. The Morgan fingerprint density at radius 3 is 1.20 bits per heavy atom. The summed E-state index contributed by atoms with van der Waals surface area (Å²) < 4.78 is 19.4. The van der Waals surface area contributed by atoms with Crippen LogP contribution in [0.2, 0.25) is 71.5 Å².